The third-order valence-corrected chi connectivity index (χ3v) is 4.14. The zero-order valence-corrected chi connectivity index (χ0v) is 13.8. The molecule has 0 heterocycles. The number of carbonyl (C=O) groups is 1. The first-order valence-electron chi connectivity index (χ1n) is 7.01. The van der Waals surface area contributed by atoms with Crippen LogP contribution in [0, 0.1) is 5.92 Å². The maximum atomic E-state index is 11.5. The van der Waals surface area contributed by atoms with Crippen LogP contribution >= 0.6 is 0 Å². The largest absolute Gasteiger partial charge is 0.465 e. The second-order valence-corrected chi connectivity index (χ2v) is 7.42. The fourth-order valence-corrected chi connectivity index (χ4v) is 2.25. The van der Waals surface area contributed by atoms with E-state index in [0.717, 1.165) is 19.4 Å². The molecule has 1 unspecified atom stereocenters. The fraction of sp³-hybridized carbons (Fsp3) is 0.923. The summed E-state index contributed by atoms with van der Waals surface area (Å²) in [7, 11) is 0.0984. The van der Waals surface area contributed by atoms with Gasteiger partial charge in [-0.2, -0.15) is 8.42 Å². The molecule has 0 amide bonds. The van der Waals surface area contributed by atoms with E-state index in [2.05, 4.69) is 0 Å². The van der Waals surface area contributed by atoms with Crippen molar-refractivity contribution in [2.45, 2.75) is 33.1 Å². The van der Waals surface area contributed by atoms with Gasteiger partial charge >= 0.3 is 5.97 Å². The summed E-state index contributed by atoms with van der Waals surface area (Å²) in [5, 5.41) is 0. The Labute approximate surface area is 122 Å². The van der Waals surface area contributed by atoms with Crippen molar-refractivity contribution in [3.8, 4) is 0 Å². The molecule has 1 atom stereocenters. The Hall–Kier alpha value is -0.660. The van der Waals surface area contributed by atoms with Gasteiger partial charge in [-0.25, -0.2) is 0 Å². The molecule has 0 saturated carbocycles. The third-order valence-electron chi connectivity index (χ3n) is 3.33. The minimum absolute atomic E-state index is 0.0627. The van der Waals surface area contributed by atoms with Crippen molar-refractivity contribution in [3.63, 3.8) is 0 Å². The maximum Gasteiger partial charge on any atom is 0.308 e. The first-order valence-corrected chi connectivity index (χ1v) is 8.62. The number of rotatable bonds is 10. The molecule has 0 bridgehead atoms. The number of esters is 1. The summed E-state index contributed by atoms with van der Waals surface area (Å²) in [4.78, 5) is 11.5. The first kappa shape index (κ1) is 19.3. The molecular weight excluding hydrogens is 282 g/mol. The van der Waals surface area contributed by atoms with Gasteiger partial charge in [-0.15, -0.1) is 0 Å². The van der Waals surface area contributed by atoms with Crippen molar-refractivity contribution in [1.82, 2.24) is 0 Å². The second-order valence-electron chi connectivity index (χ2n) is 5.85. The molecule has 120 valence electrons. The highest BCUT2D eigenvalue weighted by atomic mass is 32.2. The van der Waals surface area contributed by atoms with E-state index in [1.807, 2.05) is 27.9 Å². The lowest BCUT2D eigenvalue weighted by Gasteiger charge is -2.29. The van der Waals surface area contributed by atoms with Gasteiger partial charge in [0.2, 0.25) is 0 Å². The number of hydrogen-bond donors (Lipinski definition) is 1. The summed E-state index contributed by atoms with van der Waals surface area (Å²) in [6.45, 7) is 5.63. The highest BCUT2D eigenvalue weighted by Crippen LogP contribution is 2.06. The molecule has 0 aromatic carbocycles. The molecule has 1 N–H and O–H groups in total. The molecule has 0 fully saturated rings. The number of quaternary nitrogens is 1. The van der Waals surface area contributed by atoms with Gasteiger partial charge in [-0.1, -0.05) is 13.8 Å². The molecule has 0 aliphatic carbocycles. The Kier molecular flexibility index (Phi) is 8.30. The molecule has 0 aliphatic rings. The van der Waals surface area contributed by atoms with Crippen LogP contribution in [0.5, 0.6) is 0 Å². The molecule has 0 spiro atoms. The predicted molar refractivity (Wildman–Crippen MR) is 77.9 cm³/mol. The van der Waals surface area contributed by atoms with Crippen molar-refractivity contribution in [2.24, 2.45) is 5.92 Å². The van der Waals surface area contributed by atoms with Crippen LogP contribution in [0.25, 0.3) is 0 Å². The Morgan fingerprint density at radius 1 is 1.25 bits per heavy atom. The van der Waals surface area contributed by atoms with E-state index in [1.54, 1.807) is 0 Å². The van der Waals surface area contributed by atoms with Crippen molar-refractivity contribution < 1.29 is 27.0 Å². The van der Waals surface area contributed by atoms with Crippen LogP contribution in [0.15, 0.2) is 0 Å². The Balaban J connectivity index is 3.85. The van der Waals surface area contributed by atoms with E-state index in [-0.39, 0.29) is 17.6 Å². The molecular formula is C13H28NO5S+. The van der Waals surface area contributed by atoms with Gasteiger partial charge < -0.3 is 9.22 Å². The lowest BCUT2D eigenvalue weighted by atomic mass is 10.1. The average Bonchev–Trinajstić information content (AvgIpc) is 2.31. The summed E-state index contributed by atoms with van der Waals surface area (Å²) in [6, 6.07) is 0. The molecule has 6 nitrogen and oxygen atoms in total. The SMILES string of the molecule is CCC(C)C(=O)OCCC[N+](C)(C)CCCS(=O)(=O)O. The number of nitrogens with zero attached hydrogens (tertiary/aromatic N) is 1. The van der Waals surface area contributed by atoms with Gasteiger partial charge in [0.1, 0.15) is 0 Å². The lowest BCUT2D eigenvalue weighted by Crippen LogP contribution is -2.42. The van der Waals surface area contributed by atoms with E-state index in [0.29, 0.717) is 24.1 Å². The molecule has 0 aliphatic heterocycles. The number of hydrogen-bond acceptors (Lipinski definition) is 4. The summed E-state index contributed by atoms with van der Waals surface area (Å²) in [6.07, 6.45) is 1.93. The van der Waals surface area contributed by atoms with Gasteiger partial charge in [0, 0.05) is 12.8 Å². The van der Waals surface area contributed by atoms with Crippen LogP contribution < -0.4 is 0 Å². The van der Waals surface area contributed by atoms with Crippen molar-refractivity contribution >= 4 is 16.1 Å². The van der Waals surface area contributed by atoms with E-state index in [4.69, 9.17) is 9.29 Å². The quantitative estimate of drug-likeness (QED) is 0.285. The van der Waals surface area contributed by atoms with Gasteiger partial charge in [0.15, 0.2) is 0 Å². The van der Waals surface area contributed by atoms with Crippen molar-refractivity contribution in [1.29, 1.82) is 0 Å². The van der Waals surface area contributed by atoms with E-state index < -0.39 is 10.1 Å². The maximum absolute atomic E-state index is 11.5. The average molecular weight is 310 g/mol. The smallest absolute Gasteiger partial charge is 0.308 e. The molecule has 20 heavy (non-hydrogen) atoms. The van der Waals surface area contributed by atoms with Crippen LogP contribution in [-0.4, -0.2) is 63.0 Å². The highest BCUT2D eigenvalue weighted by Gasteiger charge is 2.17. The Morgan fingerprint density at radius 2 is 1.80 bits per heavy atom. The van der Waals surface area contributed by atoms with Crippen LogP contribution in [0.3, 0.4) is 0 Å². The predicted octanol–water partition coefficient (Wildman–Crippen LogP) is 1.32. The van der Waals surface area contributed by atoms with Gasteiger partial charge in [0.25, 0.3) is 10.1 Å². The Bertz CT molecular complexity index is 392. The topological polar surface area (TPSA) is 80.7 Å². The van der Waals surface area contributed by atoms with Crippen LogP contribution in [0.4, 0.5) is 0 Å². The standard InChI is InChI=1S/C13H27NO5S/c1-5-12(2)13(15)19-10-6-8-14(3,4)9-7-11-20(16,17)18/h12H,5-11H2,1-4H3/p+1. The minimum Gasteiger partial charge on any atom is -0.465 e. The minimum atomic E-state index is -3.87. The zero-order valence-electron chi connectivity index (χ0n) is 13.0. The van der Waals surface area contributed by atoms with E-state index >= 15 is 0 Å². The van der Waals surface area contributed by atoms with Crippen molar-refractivity contribution in [3.05, 3.63) is 0 Å². The van der Waals surface area contributed by atoms with Gasteiger partial charge in [-0.3, -0.25) is 9.35 Å². The number of carbonyl (C=O) groups excluding carboxylic acids is 1. The monoisotopic (exact) mass is 310 g/mol. The molecule has 0 radical (unpaired) electrons. The fourth-order valence-electron chi connectivity index (χ4n) is 1.76. The van der Waals surface area contributed by atoms with Gasteiger partial charge in [0.05, 0.1) is 45.5 Å². The normalized spacial score (nSPS) is 14.1. The molecule has 0 aromatic rings. The van der Waals surface area contributed by atoms with Crippen LogP contribution in [0.2, 0.25) is 0 Å². The second kappa shape index (κ2) is 8.59. The first-order chi connectivity index (χ1) is 9.07. The zero-order chi connectivity index (χ0) is 15.8. The molecule has 7 heteroatoms. The summed E-state index contributed by atoms with van der Waals surface area (Å²) >= 11 is 0. The molecule has 0 aromatic heterocycles. The van der Waals surface area contributed by atoms with Crippen LogP contribution in [-0.2, 0) is 19.6 Å². The lowest BCUT2D eigenvalue weighted by molar-refractivity contribution is -0.890. The third kappa shape index (κ3) is 10.2. The van der Waals surface area contributed by atoms with Gasteiger partial charge in [-0.05, 0) is 6.42 Å². The van der Waals surface area contributed by atoms with E-state index in [1.165, 1.54) is 0 Å². The summed E-state index contributed by atoms with van der Waals surface area (Å²) in [5.41, 5.74) is 0. The summed E-state index contributed by atoms with van der Waals surface area (Å²) < 4.78 is 35.7. The van der Waals surface area contributed by atoms with Crippen LogP contribution in [0.1, 0.15) is 33.1 Å². The summed E-state index contributed by atoms with van der Waals surface area (Å²) in [5.74, 6) is -0.436. The Morgan fingerprint density at radius 3 is 2.30 bits per heavy atom. The number of ether oxygens (including phenoxy) is 1. The molecule has 0 rings (SSSR count). The van der Waals surface area contributed by atoms with E-state index in [9.17, 15) is 13.2 Å². The highest BCUT2D eigenvalue weighted by molar-refractivity contribution is 7.85. The van der Waals surface area contributed by atoms with Crippen molar-refractivity contribution in [2.75, 3.05) is 39.5 Å². The molecule has 0 saturated heterocycles.